The van der Waals surface area contributed by atoms with E-state index >= 15 is 0 Å². The molecule has 0 radical (unpaired) electrons. The number of aryl methyl sites for hydroxylation is 1. The number of aliphatic hydroxyl groups excluding tert-OH is 1. The molecule has 7 nitrogen and oxygen atoms in total. The summed E-state index contributed by atoms with van der Waals surface area (Å²) in [5.74, 6) is -1.59. The van der Waals surface area contributed by atoms with E-state index in [0.29, 0.717) is 29.2 Å². The number of carboxylic acids is 1. The molecule has 0 fully saturated rings. The molecule has 0 saturated heterocycles. The van der Waals surface area contributed by atoms with Crippen LogP contribution in [0, 0.1) is 5.82 Å². The Morgan fingerprint density at radius 1 is 1.02 bits per heavy atom. The molecule has 3 aromatic rings. The minimum atomic E-state index is -4.85. The van der Waals surface area contributed by atoms with Gasteiger partial charge in [-0.15, -0.1) is 0 Å². The van der Waals surface area contributed by atoms with E-state index in [4.69, 9.17) is 16.7 Å². The summed E-state index contributed by atoms with van der Waals surface area (Å²) in [4.78, 5) is 10.3. The van der Waals surface area contributed by atoms with Crippen molar-refractivity contribution in [2.75, 3.05) is 20.1 Å². The van der Waals surface area contributed by atoms with Crippen LogP contribution in [0.25, 0.3) is 11.1 Å². The van der Waals surface area contributed by atoms with Crippen molar-refractivity contribution in [2.24, 2.45) is 0 Å². The molecular weight excluding hydrogens is 612 g/mol. The first kappa shape index (κ1) is 34.5. The van der Waals surface area contributed by atoms with E-state index in [2.05, 4.69) is 5.32 Å². The van der Waals surface area contributed by atoms with Crippen molar-refractivity contribution in [1.29, 1.82) is 0 Å². The lowest BCUT2D eigenvalue weighted by Crippen LogP contribution is -2.47. The average Bonchev–Trinajstić information content (AvgIpc) is 2.92. The highest BCUT2D eigenvalue weighted by atomic mass is 35.5. The van der Waals surface area contributed by atoms with E-state index in [0.717, 1.165) is 23.5 Å². The summed E-state index contributed by atoms with van der Waals surface area (Å²) in [7, 11) is -3.32. The Kier molecular flexibility index (Phi) is 11.0. The van der Waals surface area contributed by atoms with E-state index in [9.17, 15) is 35.9 Å². The maximum atomic E-state index is 13.8. The molecule has 0 saturated carbocycles. The van der Waals surface area contributed by atoms with Crippen LogP contribution in [0.4, 0.5) is 17.6 Å². The van der Waals surface area contributed by atoms with Gasteiger partial charge in [0.25, 0.3) is 0 Å². The average molecular weight is 645 g/mol. The molecule has 3 aromatic carbocycles. The first-order valence-corrected chi connectivity index (χ1v) is 15.1. The van der Waals surface area contributed by atoms with Crippen LogP contribution in [0.2, 0.25) is 5.02 Å². The van der Waals surface area contributed by atoms with Gasteiger partial charge in [-0.2, -0.15) is 17.5 Å². The molecule has 0 aromatic heterocycles. The Hall–Kier alpha value is -3.03. The normalized spacial score (nSPS) is 13.3. The minimum Gasteiger partial charge on any atom is -0.481 e. The lowest BCUT2D eigenvalue weighted by atomic mass is 9.94. The Morgan fingerprint density at radius 3 is 2.35 bits per heavy atom. The first-order valence-electron chi connectivity index (χ1n) is 13.2. The van der Waals surface area contributed by atoms with Gasteiger partial charge in [0.1, 0.15) is 5.82 Å². The molecule has 0 bridgehead atoms. The van der Waals surface area contributed by atoms with Crippen LogP contribution in [0.5, 0.6) is 0 Å². The van der Waals surface area contributed by atoms with Crippen molar-refractivity contribution in [1.82, 2.24) is 9.62 Å². The number of likely N-dealkylation sites (N-methyl/N-ethyl adjacent to an activating group) is 1. The van der Waals surface area contributed by atoms with Crippen molar-refractivity contribution in [2.45, 2.75) is 55.8 Å². The molecule has 3 N–H and O–H groups in total. The molecule has 0 heterocycles. The van der Waals surface area contributed by atoms with Crippen LogP contribution in [0.15, 0.2) is 65.6 Å². The van der Waals surface area contributed by atoms with Crippen molar-refractivity contribution in [3.63, 3.8) is 0 Å². The van der Waals surface area contributed by atoms with Crippen LogP contribution in [-0.4, -0.2) is 60.7 Å². The van der Waals surface area contributed by atoms with Gasteiger partial charge in [0.2, 0.25) is 10.0 Å². The van der Waals surface area contributed by atoms with Gasteiger partial charge in [0.15, 0.2) is 0 Å². The van der Waals surface area contributed by atoms with Crippen molar-refractivity contribution in [3.05, 3.63) is 88.2 Å². The second kappa shape index (κ2) is 13.7. The highest BCUT2D eigenvalue weighted by Gasteiger charge is 2.34. The van der Waals surface area contributed by atoms with E-state index in [1.165, 1.54) is 24.3 Å². The molecule has 0 amide bonds. The number of rotatable bonds is 13. The number of sulfonamides is 1. The lowest BCUT2D eigenvalue weighted by Gasteiger charge is -2.29. The number of nitrogens with one attached hydrogen (secondary N) is 1. The largest absolute Gasteiger partial charge is 0.481 e. The molecule has 234 valence electrons. The van der Waals surface area contributed by atoms with Gasteiger partial charge in [-0.3, -0.25) is 4.79 Å². The number of aliphatic hydroxyl groups is 1. The summed E-state index contributed by atoms with van der Waals surface area (Å²) in [6.07, 6.45) is -5.73. The molecule has 0 spiro atoms. The van der Waals surface area contributed by atoms with Crippen molar-refractivity contribution >= 4 is 27.6 Å². The van der Waals surface area contributed by atoms with Gasteiger partial charge >= 0.3 is 12.1 Å². The summed E-state index contributed by atoms with van der Waals surface area (Å²) in [6.45, 7) is 3.15. The van der Waals surface area contributed by atoms with E-state index in [1.54, 1.807) is 18.2 Å². The topological polar surface area (TPSA) is 107 Å². The van der Waals surface area contributed by atoms with Gasteiger partial charge in [-0.1, -0.05) is 41.9 Å². The molecule has 0 aliphatic rings. The van der Waals surface area contributed by atoms with Gasteiger partial charge in [-0.25, -0.2) is 12.8 Å². The summed E-state index contributed by atoms with van der Waals surface area (Å²) in [5, 5.41) is 22.7. The second-order valence-electron chi connectivity index (χ2n) is 11.0. The van der Waals surface area contributed by atoms with E-state index < -0.39 is 56.6 Å². The number of aliphatic carboxylic acids is 1. The van der Waals surface area contributed by atoms with Crippen molar-refractivity contribution < 1.29 is 41.0 Å². The summed E-state index contributed by atoms with van der Waals surface area (Å²) >= 11 is 5.73. The SMILES string of the molecule is CN(CC(O)CNC(C)(C)Cc1ccc(Cl)c(F)c1)S(=O)(=O)c1cc(-c2cccc(CCC(=O)O)c2)cc(C(F)(F)F)c1. The number of hydrogen-bond acceptors (Lipinski definition) is 5. The van der Waals surface area contributed by atoms with Crippen molar-refractivity contribution in [3.8, 4) is 11.1 Å². The lowest BCUT2D eigenvalue weighted by molar-refractivity contribution is -0.138. The summed E-state index contributed by atoms with van der Waals surface area (Å²) in [6, 6.07) is 13.1. The highest BCUT2D eigenvalue weighted by molar-refractivity contribution is 7.89. The van der Waals surface area contributed by atoms with Gasteiger partial charge in [-0.05, 0) is 79.3 Å². The predicted octanol–water partition coefficient (Wildman–Crippen LogP) is 5.77. The van der Waals surface area contributed by atoms with Crippen LogP contribution in [0.3, 0.4) is 0 Å². The fourth-order valence-corrected chi connectivity index (χ4v) is 5.89. The molecule has 0 aliphatic heterocycles. The zero-order valence-corrected chi connectivity index (χ0v) is 25.3. The Morgan fingerprint density at radius 2 is 1.72 bits per heavy atom. The van der Waals surface area contributed by atoms with Crippen LogP contribution < -0.4 is 5.32 Å². The minimum absolute atomic E-state index is 0.00802. The zero-order valence-electron chi connectivity index (χ0n) is 23.8. The van der Waals surface area contributed by atoms with E-state index in [-0.39, 0.29) is 30.0 Å². The third kappa shape index (κ3) is 9.73. The highest BCUT2D eigenvalue weighted by Crippen LogP contribution is 2.35. The number of β-amino-alcohol motifs (C(OH)–C–C–N with tert-alkyl or cyclic N) is 1. The maximum absolute atomic E-state index is 13.8. The van der Waals surface area contributed by atoms with Crippen LogP contribution in [0.1, 0.15) is 37.0 Å². The van der Waals surface area contributed by atoms with E-state index in [1.807, 2.05) is 13.8 Å². The van der Waals surface area contributed by atoms with Gasteiger partial charge in [0.05, 0.1) is 21.6 Å². The molecule has 0 aliphatic carbocycles. The Labute approximate surface area is 253 Å². The van der Waals surface area contributed by atoms with Gasteiger partial charge in [0, 0.05) is 32.1 Å². The number of nitrogens with zero attached hydrogens (tertiary/aromatic N) is 1. The first-order chi connectivity index (χ1) is 19.9. The third-order valence-corrected chi connectivity index (χ3v) is 8.85. The van der Waals surface area contributed by atoms with Crippen LogP contribution >= 0.6 is 11.6 Å². The Bertz CT molecular complexity index is 1560. The zero-order chi connectivity index (χ0) is 32.2. The molecule has 43 heavy (non-hydrogen) atoms. The molecule has 1 unspecified atom stereocenters. The number of carbonyl (C=O) groups is 1. The fourth-order valence-electron chi connectivity index (χ4n) is 4.49. The fraction of sp³-hybridized carbons (Fsp3) is 0.367. The van der Waals surface area contributed by atoms with Gasteiger partial charge < -0.3 is 15.5 Å². The number of carboxylic acid groups (broad SMARTS) is 1. The number of halogens is 5. The monoisotopic (exact) mass is 644 g/mol. The van der Waals surface area contributed by atoms with Crippen LogP contribution in [-0.2, 0) is 33.8 Å². The summed E-state index contributed by atoms with van der Waals surface area (Å²) < 4.78 is 82.8. The quantitative estimate of drug-likeness (QED) is 0.204. The number of alkyl halides is 3. The third-order valence-electron chi connectivity index (χ3n) is 6.74. The molecule has 13 heteroatoms. The molecule has 3 rings (SSSR count). The second-order valence-corrected chi connectivity index (χ2v) is 13.4. The Balaban J connectivity index is 1.79. The summed E-state index contributed by atoms with van der Waals surface area (Å²) in [5.41, 5.74) is -0.301. The number of hydrogen-bond donors (Lipinski definition) is 3. The molecule has 1 atom stereocenters. The maximum Gasteiger partial charge on any atom is 0.416 e. The standard InChI is InChI=1S/C30H33ClF4N2O5S/c1-29(2,16-20-7-9-26(31)27(32)12-20)36-17-24(38)18-37(3)43(41,42)25-14-22(13-23(15-25)30(33,34)35)21-6-4-5-19(11-21)8-10-28(39)40/h4-7,9,11-15,24,36,38H,8,10,16-18H2,1-3H3,(H,39,40). The molecular formula is C30H33ClF4N2O5S. The predicted molar refractivity (Wildman–Crippen MR) is 156 cm³/mol. The smallest absolute Gasteiger partial charge is 0.416 e. The number of benzene rings is 3.